The molecule has 0 saturated carbocycles. The van der Waals surface area contributed by atoms with Crippen LogP contribution in [0.15, 0.2) is 73.4 Å². The summed E-state index contributed by atoms with van der Waals surface area (Å²) in [4.78, 5) is 28.0. The van der Waals surface area contributed by atoms with Crippen molar-refractivity contribution >= 4 is 22.8 Å². The first-order chi connectivity index (χ1) is 18.6. The Bertz CT molecular complexity index is 1590. The third kappa shape index (κ3) is 4.73. The first-order valence-electron chi connectivity index (χ1n) is 12.4. The van der Waals surface area contributed by atoms with Gasteiger partial charge in [-0.2, -0.15) is 5.10 Å². The van der Waals surface area contributed by atoms with Crippen molar-refractivity contribution in [3.05, 3.63) is 84.8 Å². The lowest BCUT2D eigenvalue weighted by molar-refractivity contribution is -0.134. The SMILES string of the molecule is O=C(CO)N1CCN(c2ccc(-c3cnc4[nH]cc(-c5cnn(Cc6cccc(F)c6)c5)c4c3)cn2)CC1. The predicted molar refractivity (Wildman–Crippen MR) is 142 cm³/mol. The molecule has 0 spiro atoms. The number of nitrogens with zero attached hydrogens (tertiary/aromatic N) is 6. The van der Waals surface area contributed by atoms with Crippen LogP contribution >= 0.6 is 0 Å². The number of carbonyl (C=O) groups is 1. The molecule has 6 rings (SSSR count). The third-order valence-corrected chi connectivity index (χ3v) is 6.88. The first kappa shape index (κ1) is 23.8. The average Bonchev–Trinajstić information content (AvgIpc) is 3.59. The van der Waals surface area contributed by atoms with Crippen LogP contribution in [-0.4, -0.2) is 73.4 Å². The monoisotopic (exact) mass is 511 g/mol. The van der Waals surface area contributed by atoms with E-state index in [9.17, 15) is 9.18 Å². The van der Waals surface area contributed by atoms with E-state index in [2.05, 4.69) is 31.0 Å². The number of carbonyl (C=O) groups excluding carboxylic acids is 1. The fourth-order valence-electron chi connectivity index (χ4n) is 4.84. The number of hydrogen-bond acceptors (Lipinski definition) is 6. The summed E-state index contributed by atoms with van der Waals surface area (Å²) in [7, 11) is 0. The number of H-pyrrole nitrogens is 1. The molecule has 5 heterocycles. The van der Waals surface area contributed by atoms with Gasteiger partial charge in [-0.25, -0.2) is 14.4 Å². The molecule has 0 radical (unpaired) electrons. The number of aliphatic hydroxyl groups is 1. The van der Waals surface area contributed by atoms with Gasteiger partial charge < -0.3 is 19.9 Å². The van der Waals surface area contributed by atoms with Crippen LogP contribution in [0, 0.1) is 5.82 Å². The van der Waals surface area contributed by atoms with E-state index in [4.69, 9.17) is 5.11 Å². The molecule has 10 heteroatoms. The van der Waals surface area contributed by atoms with E-state index in [-0.39, 0.29) is 11.7 Å². The van der Waals surface area contributed by atoms with Crippen molar-refractivity contribution in [3.8, 4) is 22.3 Å². The Morgan fingerprint density at radius 2 is 1.82 bits per heavy atom. The molecule has 9 nitrogen and oxygen atoms in total. The summed E-state index contributed by atoms with van der Waals surface area (Å²) >= 11 is 0. The number of aromatic amines is 1. The van der Waals surface area contributed by atoms with E-state index < -0.39 is 6.61 Å². The zero-order valence-electron chi connectivity index (χ0n) is 20.6. The minimum absolute atomic E-state index is 0.237. The zero-order chi connectivity index (χ0) is 26.1. The van der Waals surface area contributed by atoms with Gasteiger partial charge in [-0.15, -0.1) is 0 Å². The summed E-state index contributed by atoms with van der Waals surface area (Å²) in [5.74, 6) is 0.357. The van der Waals surface area contributed by atoms with E-state index in [1.807, 2.05) is 43.0 Å². The van der Waals surface area contributed by atoms with Gasteiger partial charge in [0.2, 0.25) is 5.91 Å². The van der Waals surface area contributed by atoms with E-state index in [0.29, 0.717) is 32.7 Å². The summed E-state index contributed by atoms with van der Waals surface area (Å²) in [5, 5.41) is 14.5. The van der Waals surface area contributed by atoms with Crippen molar-refractivity contribution in [1.82, 2.24) is 29.6 Å². The molecule has 4 aromatic heterocycles. The highest BCUT2D eigenvalue weighted by Gasteiger charge is 2.21. The number of fused-ring (bicyclic) bond motifs is 1. The number of aromatic nitrogens is 5. The summed E-state index contributed by atoms with van der Waals surface area (Å²) in [6.07, 6.45) is 9.34. The number of rotatable bonds is 6. The normalized spacial score (nSPS) is 13.8. The lowest BCUT2D eigenvalue weighted by atomic mass is 10.1. The van der Waals surface area contributed by atoms with Gasteiger partial charge >= 0.3 is 0 Å². The number of aliphatic hydroxyl groups excluding tert-OH is 1. The molecule has 38 heavy (non-hydrogen) atoms. The number of benzene rings is 1. The summed E-state index contributed by atoms with van der Waals surface area (Å²) in [6, 6.07) is 12.6. The van der Waals surface area contributed by atoms with Gasteiger partial charge in [-0.1, -0.05) is 12.1 Å². The maximum absolute atomic E-state index is 13.6. The van der Waals surface area contributed by atoms with Crippen LogP contribution in [0.5, 0.6) is 0 Å². The number of pyridine rings is 2. The standard InChI is InChI=1S/C28H26FN7O2/c29-23-3-1-2-19(10-23)16-36-17-22(14-33-36)25-15-32-28-24(25)11-21(13-31-28)20-4-5-26(30-12-20)34-6-8-35(9-7-34)27(38)18-37/h1-5,10-15,17,37H,6-9,16,18H2,(H,31,32). The van der Waals surface area contributed by atoms with Crippen LogP contribution in [0.1, 0.15) is 5.56 Å². The van der Waals surface area contributed by atoms with Gasteiger partial charge in [-0.05, 0) is 35.9 Å². The van der Waals surface area contributed by atoms with Crippen LogP contribution < -0.4 is 4.90 Å². The predicted octanol–water partition coefficient (Wildman–Crippen LogP) is 3.32. The van der Waals surface area contributed by atoms with Gasteiger partial charge in [0.1, 0.15) is 23.9 Å². The molecule has 1 aliphatic rings. The van der Waals surface area contributed by atoms with E-state index in [1.165, 1.54) is 12.1 Å². The van der Waals surface area contributed by atoms with Gasteiger partial charge in [-0.3, -0.25) is 9.48 Å². The summed E-state index contributed by atoms with van der Waals surface area (Å²) < 4.78 is 15.3. The van der Waals surface area contributed by atoms with Gasteiger partial charge in [0.25, 0.3) is 0 Å². The van der Waals surface area contributed by atoms with E-state index in [1.54, 1.807) is 21.8 Å². The van der Waals surface area contributed by atoms with E-state index in [0.717, 1.165) is 44.7 Å². The average molecular weight is 512 g/mol. The highest BCUT2D eigenvalue weighted by Crippen LogP contribution is 2.31. The van der Waals surface area contributed by atoms with Crippen molar-refractivity contribution in [2.45, 2.75) is 6.54 Å². The third-order valence-electron chi connectivity index (χ3n) is 6.88. The Labute approximate surface area is 218 Å². The van der Waals surface area contributed by atoms with Gasteiger partial charge in [0.15, 0.2) is 0 Å². The molecule has 5 aromatic rings. The number of piperazine rings is 1. The molecular weight excluding hydrogens is 485 g/mol. The smallest absolute Gasteiger partial charge is 0.248 e. The Morgan fingerprint density at radius 3 is 2.58 bits per heavy atom. The molecule has 1 aliphatic heterocycles. The van der Waals surface area contributed by atoms with Gasteiger partial charge in [0, 0.05) is 78.6 Å². The number of anilines is 1. The fraction of sp³-hybridized carbons (Fsp3) is 0.214. The summed E-state index contributed by atoms with van der Waals surface area (Å²) in [5.41, 5.74) is 5.45. The first-order valence-corrected chi connectivity index (χ1v) is 12.4. The maximum atomic E-state index is 13.6. The maximum Gasteiger partial charge on any atom is 0.248 e. The Hall–Kier alpha value is -4.57. The second-order valence-corrected chi connectivity index (χ2v) is 9.31. The lowest BCUT2D eigenvalue weighted by Gasteiger charge is -2.35. The molecule has 192 valence electrons. The van der Waals surface area contributed by atoms with Crippen molar-refractivity contribution in [2.24, 2.45) is 0 Å². The Balaban J connectivity index is 1.20. The molecule has 1 amide bonds. The largest absolute Gasteiger partial charge is 0.387 e. The lowest BCUT2D eigenvalue weighted by Crippen LogP contribution is -2.49. The highest BCUT2D eigenvalue weighted by molar-refractivity contribution is 5.95. The second-order valence-electron chi connectivity index (χ2n) is 9.31. The zero-order valence-corrected chi connectivity index (χ0v) is 20.6. The minimum atomic E-state index is -0.453. The highest BCUT2D eigenvalue weighted by atomic mass is 19.1. The van der Waals surface area contributed by atoms with Crippen LogP contribution in [0.2, 0.25) is 0 Å². The van der Waals surface area contributed by atoms with E-state index >= 15 is 0 Å². The van der Waals surface area contributed by atoms with Crippen molar-refractivity contribution in [1.29, 1.82) is 0 Å². The van der Waals surface area contributed by atoms with Gasteiger partial charge in [0.05, 0.1) is 12.7 Å². The van der Waals surface area contributed by atoms with Crippen LogP contribution in [0.25, 0.3) is 33.3 Å². The number of hydrogen-bond donors (Lipinski definition) is 2. The molecule has 0 atom stereocenters. The van der Waals surface area contributed by atoms with Crippen molar-refractivity contribution in [2.75, 3.05) is 37.7 Å². The Kier molecular flexibility index (Phi) is 6.30. The second kappa shape index (κ2) is 10.1. The molecule has 1 fully saturated rings. The van der Waals surface area contributed by atoms with Crippen molar-refractivity contribution in [3.63, 3.8) is 0 Å². The molecule has 0 bridgehead atoms. The Morgan fingerprint density at radius 1 is 0.974 bits per heavy atom. The topological polar surface area (TPSA) is 103 Å². The van der Waals surface area contributed by atoms with Crippen molar-refractivity contribution < 1.29 is 14.3 Å². The minimum Gasteiger partial charge on any atom is -0.387 e. The number of halogens is 1. The molecular formula is C28H26FN7O2. The molecule has 0 aliphatic carbocycles. The van der Waals surface area contributed by atoms with Crippen LogP contribution in [0.4, 0.5) is 10.2 Å². The molecule has 1 aromatic carbocycles. The fourth-order valence-corrected chi connectivity index (χ4v) is 4.84. The molecule has 2 N–H and O–H groups in total. The van der Waals surface area contributed by atoms with Crippen LogP contribution in [0.3, 0.4) is 0 Å². The quantitative estimate of drug-likeness (QED) is 0.363. The molecule has 0 unspecified atom stereocenters. The van der Waals surface area contributed by atoms with Crippen LogP contribution in [-0.2, 0) is 11.3 Å². The molecule has 1 saturated heterocycles. The number of nitrogens with one attached hydrogen (secondary N) is 1. The number of amides is 1. The summed E-state index contributed by atoms with van der Waals surface area (Å²) in [6.45, 7) is 2.51.